The van der Waals surface area contributed by atoms with Crippen LogP contribution < -0.4 is 5.32 Å². The highest BCUT2D eigenvalue weighted by atomic mass is 16.1. The zero-order valence-corrected chi connectivity index (χ0v) is 5.81. The van der Waals surface area contributed by atoms with Gasteiger partial charge in [0.2, 0.25) is 5.91 Å². The van der Waals surface area contributed by atoms with Gasteiger partial charge in [-0.25, -0.2) is 0 Å². The first-order valence-corrected chi connectivity index (χ1v) is 3.56. The molecule has 1 aliphatic rings. The highest BCUT2D eigenvalue weighted by Gasteiger charge is 2.10. The maximum Gasteiger partial charge on any atom is 0.220 e. The minimum atomic E-state index is 0. The summed E-state index contributed by atoms with van der Waals surface area (Å²) in [5.41, 5.74) is 0. The molecule has 0 bridgehead atoms. The topological polar surface area (TPSA) is 29.1 Å². The smallest absolute Gasteiger partial charge is 0.220 e. The van der Waals surface area contributed by atoms with E-state index in [1.165, 1.54) is 6.42 Å². The second-order valence-corrected chi connectivity index (χ2v) is 2.80. The zero-order chi connectivity index (χ0) is 6.69. The molecule has 1 saturated heterocycles. The van der Waals surface area contributed by atoms with Crippen molar-refractivity contribution < 1.29 is 6.22 Å². The van der Waals surface area contributed by atoms with Gasteiger partial charge in [0.05, 0.1) is 0 Å². The SMILES string of the molecule is C[C@@H]1CCCC(=O)NC1.[HH]. The van der Waals surface area contributed by atoms with Crippen molar-refractivity contribution in [2.24, 2.45) is 5.92 Å². The molecule has 0 radical (unpaired) electrons. The van der Waals surface area contributed by atoms with Crippen LogP contribution in [-0.4, -0.2) is 12.5 Å². The summed E-state index contributed by atoms with van der Waals surface area (Å²) in [6.07, 6.45) is 2.98. The van der Waals surface area contributed by atoms with E-state index in [-0.39, 0.29) is 7.33 Å². The molecular weight excluding hydrogens is 114 g/mol. The van der Waals surface area contributed by atoms with Gasteiger partial charge in [-0.2, -0.15) is 0 Å². The highest BCUT2D eigenvalue weighted by molar-refractivity contribution is 5.76. The molecule has 1 amide bonds. The molecule has 1 atom stereocenters. The fraction of sp³-hybridized carbons (Fsp3) is 0.857. The largest absolute Gasteiger partial charge is 0.356 e. The van der Waals surface area contributed by atoms with Crippen LogP contribution in [0.1, 0.15) is 27.6 Å². The van der Waals surface area contributed by atoms with E-state index in [1.807, 2.05) is 0 Å². The monoisotopic (exact) mass is 129 g/mol. The molecule has 1 fully saturated rings. The van der Waals surface area contributed by atoms with Gasteiger partial charge in [-0.1, -0.05) is 6.92 Å². The van der Waals surface area contributed by atoms with Gasteiger partial charge < -0.3 is 5.32 Å². The number of hydrogen-bond acceptors (Lipinski definition) is 1. The number of hydrogen-bond donors (Lipinski definition) is 1. The minimum Gasteiger partial charge on any atom is -0.356 e. The van der Waals surface area contributed by atoms with E-state index in [4.69, 9.17) is 0 Å². The molecule has 54 valence electrons. The number of nitrogens with one attached hydrogen (secondary N) is 1. The Kier molecular flexibility index (Phi) is 2.09. The third kappa shape index (κ3) is 2.04. The van der Waals surface area contributed by atoms with E-state index in [0.29, 0.717) is 5.92 Å². The molecule has 1 N–H and O–H groups in total. The standard InChI is InChI=1S/C7H13NO.H2/c1-6-3-2-4-7(9)8-5-6;/h6H,2-5H2,1H3,(H,8,9);1H/t6-;/m1./s1. The molecule has 0 unspecified atom stereocenters. The van der Waals surface area contributed by atoms with Gasteiger partial charge in [0, 0.05) is 14.4 Å². The Morgan fingerprint density at radius 1 is 1.78 bits per heavy atom. The summed E-state index contributed by atoms with van der Waals surface area (Å²) < 4.78 is 0. The number of amides is 1. The van der Waals surface area contributed by atoms with Crippen LogP contribution in [0.15, 0.2) is 0 Å². The van der Waals surface area contributed by atoms with Crippen molar-refractivity contribution in [1.29, 1.82) is 0 Å². The van der Waals surface area contributed by atoms with Crippen LogP contribution >= 0.6 is 0 Å². The molecule has 0 aliphatic carbocycles. The van der Waals surface area contributed by atoms with Crippen molar-refractivity contribution in [1.82, 2.24) is 5.32 Å². The Balaban J connectivity index is 0.000000810. The lowest BCUT2D eigenvalue weighted by Crippen LogP contribution is -2.24. The molecule has 1 aliphatic heterocycles. The molecule has 1 heterocycles. The molecular formula is C7H15NO. The molecule has 0 saturated carbocycles. The van der Waals surface area contributed by atoms with Gasteiger partial charge in [-0.15, -0.1) is 0 Å². The predicted molar refractivity (Wildman–Crippen MR) is 38.1 cm³/mol. The lowest BCUT2D eigenvalue weighted by Gasteiger charge is -2.04. The number of rotatable bonds is 0. The van der Waals surface area contributed by atoms with E-state index in [9.17, 15) is 4.79 Å². The van der Waals surface area contributed by atoms with Crippen LogP contribution in [-0.2, 0) is 4.79 Å². The summed E-state index contributed by atoms with van der Waals surface area (Å²) >= 11 is 0. The summed E-state index contributed by atoms with van der Waals surface area (Å²) in [5, 5.41) is 2.86. The summed E-state index contributed by atoms with van der Waals surface area (Å²) in [6.45, 7) is 3.05. The summed E-state index contributed by atoms with van der Waals surface area (Å²) in [5.74, 6) is 0.899. The first-order valence-electron chi connectivity index (χ1n) is 3.56. The molecule has 1 rings (SSSR count). The van der Waals surface area contributed by atoms with Gasteiger partial charge in [-0.3, -0.25) is 4.79 Å². The fourth-order valence-corrected chi connectivity index (χ4v) is 1.09. The molecule has 0 spiro atoms. The van der Waals surface area contributed by atoms with E-state index in [1.54, 1.807) is 0 Å². The number of carbonyl (C=O) groups excluding carboxylic acids is 1. The van der Waals surface area contributed by atoms with Crippen LogP contribution in [0.5, 0.6) is 0 Å². The summed E-state index contributed by atoms with van der Waals surface area (Å²) in [4.78, 5) is 10.7. The van der Waals surface area contributed by atoms with Gasteiger partial charge in [0.25, 0.3) is 0 Å². The average molecular weight is 129 g/mol. The molecule has 2 nitrogen and oxygen atoms in total. The van der Waals surface area contributed by atoms with Crippen LogP contribution in [0, 0.1) is 5.92 Å². The lowest BCUT2D eigenvalue weighted by molar-refractivity contribution is -0.120. The Labute approximate surface area is 57.1 Å². The van der Waals surface area contributed by atoms with Crippen molar-refractivity contribution in [2.45, 2.75) is 26.2 Å². The molecule has 0 aromatic carbocycles. The van der Waals surface area contributed by atoms with Crippen LogP contribution in [0.3, 0.4) is 0 Å². The van der Waals surface area contributed by atoms with Crippen molar-refractivity contribution in [3.05, 3.63) is 0 Å². The van der Waals surface area contributed by atoms with Gasteiger partial charge in [0.1, 0.15) is 0 Å². The van der Waals surface area contributed by atoms with Crippen LogP contribution in [0.2, 0.25) is 0 Å². The Morgan fingerprint density at radius 2 is 2.56 bits per heavy atom. The third-order valence-corrected chi connectivity index (χ3v) is 1.75. The highest BCUT2D eigenvalue weighted by Crippen LogP contribution is 2.09. The van der Waals surface area contributed by atoms with Gasteiger partial charge >= 0.3 is 0 Å². The van der Waals surface area contributed by atoms with Crippen molar-refractivity contribution in [3.63, 3.8) is 0 Å². The van der Waals surface area contributed by atoms with Gasteiger partial charge in [0.15, 0.2) is 0 Å². The first-order chi connectivity index (χ1) is 4.29. The Morgan fingerprint density at radius 3 is 3.33 bits per heavy atom. The lowest BCUT2D eigenvalue weighted by atomic mass is 10.1. The Bertz CT molecular complexity index is 116. The van der Waals surface area contributed by atoms with E-state index in [0.717, 1.165) is 19.4 Å². The molecule has 0 aromatic heterocycles. The molecule has 0 aromatic rings. The fourth-order valence-electron chi connectivity index (χ4n) is 1.09. The van der Waals surface area contributed by atoms with Crippen molar-refractivity contribution in [3.8, 4) is 0 Å². The maximum atomic E-state index is 10.7. The number of carbonyl (C=O) groups is 1. The first kappa shape index (κ1) is 6.59. The van der Waals surface area contributed by atoms with E-state index < -0.39 is 0 Å². The maximum absolute atomic E-state index is 10.7. The minimum absolute atomic E-state index is 0. The van der Waals surface area contributed by atoms with Gasteiger partial charge in [-0.05, 0) is 18.8 Å². The van der Waals surface area contributed by atoms with Crippen LogP contribution in [0.25, 0.3) is 0 Å². The average Bonchev–Trinajstić information content (AvgIpc) is 1.97. The third-order valence-electron chi connectivity index (χ3n) is 1.75. The quantitative estimate of drug-likeness (QED) is 0.522. The van der Waals surface area contributed by atoms with Crippen LogP contribution in [0.4, 0.5) is 0 Å². The second kappa shape index (κ2) is 2.85. The predicted octanol–water partition coefficient (Wildman–Crippen LogP) is 1.17. The summed E-state index contributed by atoms with van der Waals surface area (Å²) in [7, 11) is 0. The summed E-state index contributed by atoms with van der Waals surface area (Å²) in [6, 6.07) is 0. The second-order valence-electron chi connectivity index (χ2n) is 2.80. The molecule has 2 heteroatoms. The normalized spacial score (nSPS) is 29.0. The van der Waals surface area contributed by atoms with E-state index in [2.05, 4.69) is 12.2 Å². The van der Waals surface area contributed by atoms with Crippen molar-refractivity contribution >= 4 is 5.91 Å². The molecule has 9 heavy (non-hydrogen) atoms. The Hall–Kier alpha value is -0.530. The van der Waals surface area contributed by atoms with E-state index >= 15 is 0 Å². The van der Waals surface area contributed by atoms with Crippen molar-refractivity contribution in [2.75, 3.05) is 6.54 Å². The zero-order valence-electron chi connectivity index (χ0n) is 5.81.